The number of benzene rings is 2. The van der Waals surface area contributed by atoms with Gasteiger partial charge in [-0.3, -0.25) is 0 Å². The molecule has 28 heavy (non-hydrogen) atoms. The molecule has 0 bridgehead atoms. The summed E-state index contributed by atoms with van der Waals surface area (Å²) in [5.74, 6) is 0.510. The second kappa shape index (κ2) is 10.4. The highest BCUT2D eigenvalue weighted by Crippen LogP contribution is 2.26. The van der Waals surface area contributed by atoms with Crippen LogP contribution >= 0.6 is 0 Å². The predicted octanol–water partition coefficient (Wildman–Crippen LogP) is 5.07. The Morgan fingerprint density at radius 3 is 2.64 bits per heavy atom. The molecule has 0 spiro atoms. The Hall–Kier alpha value is -1.42. The summed E-state index contributed by atoms with van der Waals surface area (Å²) in [6, 6.07) is 15.4. The summed E-state index contributed by atoms with van der Waals surface area (Å²) in [7, 11) is 2.32. The van der Waals surface area contributed by atoms with E-state index in [1.165, 1.54) is 29.2 Å². The average Bonchev–Trinajstić information content (AvgIpc) is 3.24. The van der Waals surface area contributed by atoms with Gasteiger partial charge in [-0.1, -0.05) is 42.5 Å². The van der Waals surface area contributed by atoms with E-state index in [4.69, 9.17) is 9.47 Å². The largest absolute Gasteiger partial charge is 0.378 e. The van der Waals surface area contributed by atoms with Crippen molar-refractivity contribution >= 4 is 10.8 Å². The Morgan fingerprint density at radius 2 is 1.89 bits per heavy atom. The molecule has 1 aliphatic heterocycles. The van der Waals surface area contributed by atoms with Crippen molar-refractivity contribution in [1.29, 1.82) is 0 Å². The molecule has 0 N–H and O–H groups in total. The van der Waals surface area contributed by atoms with Gasteiger partial charge in [-0.25, -0.2) is 0 Å². The van der Waals surface area contributed by atoms with Gasteiger partial charge in [-0.15, -0.1) is 0 Å². The maximum absolute atomic E-state index is 6.22. The molecule has 1 aliphatic rings. The highest BCUT2D eigenvalue weighted by Gasteiger charge is 2.23. The number of rotatable bonds is 11. The molecule has 1 saturated heterocycles. The first-order valence-electron chi connectivity index (χ1n) is 11.1. The fourth-order valence-electron chi connectivity index (χ4n) is 4.27. The van der Waals surface area contributed by atoms with Gasteiger partial charge in [0.25, 0.3) is 0 Å². The van der Waals surface area contributed by atoms with E-state index < -0.39 is 0 Å². The maximum atomic E-state index is 6.22. The second-order valence-corrected chi connectivity index (χ2v) is 8.63. The Balaban J connectivity index is 1.63. The van der Waals surface area contributed by atoms with Gasteiger partial charge in [0.1, 0.15) is 6.54 Å². The van der Waals surface area contributed by atoms with Crippen molar-refractivity contribution in [3.63, 3.8) is 0 Å². The number of fused-ring (bicyclic) bond motifs is 1. The quantitative estimate of drug-likeness (QED) is 0.398. The molecular formula is C25H38NO2+. The molecule has 0 aromatic heterocycles. The standard InChI is InChI=1S/C25H38NO2/c1-4-26(3,5-2)15-17-27-20-21(19-24-13-9-16-28-24)18-23-12-8-11-22-10-6-7-14-25(22)23/h6-8,10-12,14,21,24H,4-5,9,13,15-20H2,1-3H3/q+1. The first-order valence-corrected chi connectivity index (χ1v) is 11.1. The third kappa shape index (κ3) is 5.79. The topological polar surface area (TPSA) is 18.5 Å². The van der Waals surface area contributed by atoms with E-state index in [0.29, 0.717) is 12.0 Å². The predicted molar refractivity (Wildman–Crippen MR) is 118 cm³/mol. The van der Waals surface area contributed by atoms with Crippen LogP contribution in [-0.2, 0) is 15.9 Å². The zero-order valence-corrected chi connectivity index (χ0v) is 18.0. The lowest BCUT2D eigenvalue weighted by atomic mass is 9.91. The molecule has 3 rings (SSSR count). The van der Waals surface area contributed by atoms with E-state index in [1.54, 1.807) is 0 Å². The maximum Gasteiger partial charge on any atom is 0.102 e. The van der Waals surface area contributed by atoms with Crippen LogP contribution in [0.1, 0.15) is 38.7 Å². The van der Waals surface area contributed by atoms with Crippen molar-refractivity contribution < 1.29 is 14.0 Å². The van der Waals surface area contributed by atoms with Crippen LogP contribution < -0.4 is 0 Å². The van der Waals surface area contributed by atoms with Crippen LogP contribution in [0.4, 0.5) is 0 Å². The molecule has 1 heterocycles. The van der Waals surface area contributed by atoms with Crippen molar-refractivity contribution in [3.8, 4) is 0 Å². The van der Waals surface area contributed by atoms with Gasteiger partial charge >= 0.3 is 0 Å². The summed E-state index contributed by atoms with van der Waals surface area (Å²) < 4.78 is 13.2. The zero-order chi connectivity index (χ0) is 19.8. The van der Waals surface area contributed by atoms with E-state index in [9.17, 15) is 0 Å². The fourth-order valence-corrected chi connectivity index (χ4v) is 4.27. The summed E-state index contributed by atoms with van der Waals surface area (Å²) in [6.07, 6.45) is 4.99. The van der Waals surface area contributed by atoms with Gasteiger partial charge in [0, 0.05) is 6.61 Å². The van der Waals surface area contributed by atoms with Crippen LogP contribution in [-0.4, -0.2) is 57.1 Å². The Morgan fingerprint density at radius 1 is 1.11 bits per heavy atom. The van der Waals surface area contributed by atoms with Crippen molar-refractivity contribution in [3.05, 3.63) is 48.0 Å². The van der Waals surface area contributed by atoms with E-state index in [0.717, 1.165) is 56.8 Å². The summed E-state index contributed by atoms with van der Waals surface area (Å²) in [5.41, 5.74) is 1.44. The monoisotopic (exact) mass is 384 g/mol. The van der Waals surface area contributed by atoms with Gasteiger partial charge in [0.2, 0.25) is 0 Å². The van der Waals surface area contributed by atoms with Crippen LogP contribution in [0, 0.1) is 5.92 Å². The van der Waals surface area contributed by atoms with Crippen LogP contribution in [0.25, 0.3) is 10.8 Å². The Kier molecular flexibility index (Phi) is 7.90. The van der Waals surface area contributed by atoms with E-state index in [2.05, 4.69) is 63.4 Å². The summed E-state index contributed by atoms with van der Waals surface area (Å²) in [5, 5.41) is 2.71. The van der Waals surface area contributed by atoms with Crippen LogP contribution in [0.5, 0.6) is 0 Å². The van der Waals surface area contributed by atoms with E-state index in [1.807, 2.05) is 0 Å². The molecule has 0 saturated carbocycles. The first kappa shape index (κ1) is 21.3. The van der Waals surface area contributed by atoms with Crippen LogP contribution in [0.3, 0.4) is 0 Å². The molecule has 3 heteroatoms. The number of hydrogen-bond donors (Lipinski definition) is 0. The van der Waals surface area contributed by atoms with Crippen molar-refractivity contribution in [1.82, 2.24) is 0 Å². The molecule has 154 valence electrons. The molecule has 2 unspecified atom stereocenters. The van der Waals surface area contributed by atoms with E-state index in [-0.39, 0.29) is 0 Å². The molecule has 2 aromatic carbocycles. The van der Waals surface area contributed by atoms with Gasteiger partial charge in [0.05, 0.1) is 39.5 Å². The average molecular weight is 385 g/mol. The second-order valence-electron chi connectivity index (χ2n) is 8.63. The van der Waals surface area contributed by atoms with Gasteiger partial charge in [0.15, 0.2) is 0 Å². The first-order chi connectivity index (χ1) is 13.6. The summed E-state index contributed by atoms with van der Waals surface area (Å²) in [4.78, 5) is 0. The van der Waals surface area contributed by atoms with Crippen molar-refractivity contribution in [2.75, 3.05) is 46.5 Å². The zero-order valence-electron chi connectivity index (χ0n) is 18.0. The molecule has 0 radical (unpaired) electrons. The van der Waals surface area contributed by atoms with Gasteiger partial charge in [-0.05, 0) is 61.8 Å². The van der Waals surface area contributed by atoms with E-state index >= 15 is 0 Å². The minimum absolute atomic E-state index is 0.413. The smallest absolute Gasteiger partial charge is 0.102 e. The number of quaternary nitrogens is 1. The minimum atomic E-state index is 0.413. The Labute approximate surface area is 171 Å². The van der Waals surface area contributed by atoms with Crippen molar-refractivity contribution in [2.24, 2.45) is 5.92 Å². The lowest BCUT2D eigenvalue weighted by Crippen LogP contribution is -2.46. The molecule has 0 aliphatic carbocycles. The van der Waals surface area contributed by atoms with Crippen molar-refractivity contribution in [2.45, 2.75) is 45.6 Å². The molecule has 0 amide bonds. The highest BCUT2D eigenvalue weighted by atomic mass is 16.5. The molecule has 3 nitrogen and oxygen atoms in total. The lowest BCUT2D eigenvalue weighted by molar-refractivity contribution is -0.906. The van der Waals surface area contributed by atoms with Gasteiger partial charge in [-0.2, -0.15) is 0 Å². The highest BCUT2D eigenvalue weighted by molar-refractivity contribution is 5.85. The molecule has 2 atom stereocenters. The number of likely N-dealkylation sites (N-methyl/N-ethyl adjacent to an activating group) is 1. The van der Waals surface area contributed by atoms with Gasteiger partial charge < -0.3 is 14.0 Å². The van der Waals surface area contributed by atoms with Crippen LogP contribution in [0.2, 0.25) is 0 Å². The SMILES string of the molecule is CC[N+](C)(CC)CCOCC(Cc1cccc2ccccc12)CC1CCCO1. The number of ether oxygens (including phenoxy) is 2. The third-order valence-corrected chi connectivity index (χ3v) is 6.66. The molecule has 1 fully saturated rings. The Bertz CT molecular complexity index is 714. The summed E-state index contributed by atoms with van der Waals surface area (Å²) in [6.45, 7) is 10.6. The summed E-state index contributed by atoms with van der Waals surface area (Å²) >= 11 is 0. The normalized spacial score (nSPS) is 18.6. The van der Waals surface area contributed by atoms with Crippen LogP contribution in [0.15, 0.2) is 42.5 Å². The third-order valence-electron chi connectivity index (χ3n) is 6.66. The number of hydrogen-bond acceptors (Lipinski definition) is 2. The minimum Gasteiger partial charge on any atom is -0.378 e. The number of nitrogens with zero attached hydrogens (tertiary/aromatic N) is 1. The molecule has 2 aromatic rings. The fraction of sp³-hybridized carbons (Fsp3) is 0.600. The lowest BCUT2D eigenvalue weighted by Gasteiger charge is -2.32. The molecular weight excluding hydrogens is 346 g/mol.